The maximum Gasteiger partial charge on any atom is 0.246 e. The highest BCUT2D eigenvalue weighted by Gasteiger charge is 2.25. The zero-order chi connectivity index (χ0) is 8.32. The molecule has 11 heavy (non-hydrogen) atoms. The fourth-order valence-corrected chi connectivity index (χ4v) is 1.05. The minimum atomic E-state index is -0.467. The van der Waals surface area contributed by atoms with Crippen LogP contribution in [0.1, 0.15) is 32.6 Å². The van der Waals surface area contributed by atoms with E-state index in [-0.39, 0.29) is 0 Å². The molecule has 62 valence electrons. The SMILES string of the molecule is CCCC(C)(N)c1ncno1. The summed E-state index contributed by atoms with van der Waals surface area (Å²) in [6, 6.07) is 0. The molecule has 0 bridgehead atoms. The van der Waals surface area contributed by atoms with Crippen molar-refractivity contribution in [3.8, 4) is 0 Å². The minimum Gasteiger partial charge on any atom is -0.338 e. The Morgan fingerprint density at radius 1 is 1.73 bits per heavy atom. The van der Waals surface area contributed by atoms with Gasteiger partial charge < -0.3 is 10.3 Å². The molecule has 0 fully saturated rings. The lowest BCUT2D eigenvalue weighted by Gasteiger charge is -2.17. The Hall–Kier alpha value is -0.900. The highest BCUT2D eigenvalue weighted by Crippen LogP contribution is 2.19. The van der Waals surface area contributed by atoms with Crippen LogP contribution in [-0.4, -0.2) is 10.1 Å². The van der Waals surface area contributed by atoms with Crippen LogP contribution in [0.2, 0.25) is 0 Å². The fraction of sp³-hybridized carbons (Fsp3) is 0.714. The van der Waals surface area contributed by atoms with E-state index in [1.165, 1.54) is 6.33 Å². The molecular formula is C7H13N3O. The van der Waals surface area contributed by atoms with E-state index >= 15 is 0 Å². The van der Waals surface area contributed by atoms with Gasteiger partial charge in [0.15, 0.2) is 6.33 Å². The Balaban J connectivity index is 2.73. The van der Waals surface area contributed by atoms with E-state index < -0.39 is 5.54 Å². The molecule has 0 aliphatic heterocycles. The fourth-order valence-electron chi connectivity index (χ4n) is 1.05. The van der Waals surface area contributed by atoms with Gasteiger partial charge in [0.05, 0.1) is 5.54 Å². The Morgan fingerprint density at radius 2 is 2.45 bits per heavy atom. The summed E-state index contributed by atoms with van der Waals surface area (Å²) in [4.78, 5) is 3.90. The molecule has 0 spiro atoms. The van der Waals surface area contributed by atoms with Crippen molar-refractivity contribution in [1.29, 1.82) is 0 Å². The number of aromatic nitrogens is 2. The van der Waals surface area contributed by atoms with Crippen LogP contribution in [-0.2, 0) is 5.54 Å². The van der Waals surface area contributed by atoms with Crippen molar-refractivity contribution in [3.63, 3.8) is 0 Å². The molecule has 2 N–H and O–H groups in total. The summed E-state index contributed by atoms with van der Waals surface area (Å²) in [7, 11) is 0. The highest BCUT2D eigenvalue weighted by atomic mass is 16.5. The van der Waals surface area contributed by atoms with Gasteiger partial charge >= 0.3 is 0 Å². The molecule has 1 atom stereocenters. The van der Waals surface area contributed by atoms with Crippen molar-refractivity contribution in [2.75, 3.05) is 0 Å². The molecule has 1 aromatic rings. The van der Waals surface area contributed by atoms with E-state index in [0.717, 1.165) is 12.8 Å². The lowest BCUT2D eigenvalue weighted by atomic mass is 9.98. The topological polar surface area (TPSA) is 64.9 Å². The van der Waals surface area contributed by atoms with Gasteiger partial charge in [-0.05, 0) is 13.3 Å². The highest BCUT2D eigenvalue weighted by molar-refractivity contribution is 4.95. The van der Waals surface area contributed by atoms with E-state index in [4.69, 9.17) is 10.3 Å². The van der Waals surface area contributed by atoms with Crippen LogP contribution in [0, 0.1) is 0 Å². The van der Waals surface area contributed by atoms with E-state index in [0.29, 0.717) is 5.89 Å². The second-order valence-corrected chi connectivity index (χ2v) is 2.91. The van der Waals surface area contributed by atoms with Gasteiger partial charge in [-0.2, -0.15) is 4.98 Å². The molecule has 0 radical (unpaired) electrons. The number of rotatable bonds is 3. The maximum atomic E-state index is 5.90. The normalized spacial score (nSPS) is 16.3. The number of nitrogens with two attached hydrogens (primary N) is 1. The van der Waals surface area contributed by atoms with Crippen LogP contribution in [0.3, 0.4) is 0 Å². The van der Waals surface area contributed by atoms with Gasteiger partial charge in [0.2, 0.25) is 5.89 Å². The monoisotopic (exact) mass is 155 g/mol. The quantitative estimate of drug-likeness (QED) is 0.708. The van der Waals surface area contributed by atoms with Crippen molar-refractivity contribution in [3.05, 3.63) is 12.2 Å². The molecule has 0 aromatic carbocycles. The summed E-state index contributed by atoms with van der Waals surface area (Å²) in [5, 5.41) is 3.50. The summed E-state index contributed by atoms with van der Waals surface area (Å²) in [5.41, 5.74) is 5.43. The van der Waals surface area contributed by atoms with Gasteiger partial charge in [0.1, 0.15) is 0 Å². The third-order valence-corrected chi connectivity index (χ3v) is 1.62. The zero-order valence-corrected chi connectivity index (χ0v) is 6.87. The molecule has 0 saturated carbocycles. The summed E-state index contributed by atoms with van der Waals surface area (Å²) in [6.07, 6.45) is 3.24. The van der Waals surface area contributed by atoms with Crippen molar-refractivity contribution in [1.82, 2.24) is 10.1 Å². The summed E-state index contributed by atoms with van der Waals surface area (Å²) in [6.45, 7) is 3.96. The summed E-state index contributed by atoms with van der Waals surface area (Å²) in [5.74, 6) is 0.513. The number of hydrogen-bond acceptors (Lipinski definition) is 4. The molecule has 0 aliphatic carbocycles. The Kier molecular flexibility index (Phi) is 2.24. The standard InChI is InChI=1S/C7H13N3O/c1-3-4-7(2,8)6-9-5-10-11-6/h5H,3-4,8H2,1-2H3. The van der Waals surface area contributed by atoms with Crippen LogP contribution >= 0.6 is 0 Å². The van der Waals surface area contributed by atoms with Crippen LogP contribution in [0.25, 0.3) is 0 Å². The number of nitrogens with zero attached hydrogens (tertiary/aromatic N) is 2. The summed E-state index contributed by atoms with van der Waals surface area (Å²) >= 11 is 0. The van der Waals surface area contributed by atoms with E-state index in [1.54, 1.807) is 0 Å². The first kappa shape index (κ1) is 8.20. The second kappa shape index (κ2) is 3.00. The predicted molar refractivity (Wildman–Crippen MR) is 40.7 cm³/mol. The Bertz CT molecular complexity index is 205. The predicted octanol–water partition coefficient (Wildman–Crippen LogP) is 1.04. The van der Waals surface area contributed by atoms with Crippen molar-refractivity contribution in [2.45, 2.75) is 32.2 Å². The molecule has 1 unspecified atom stereocenters. The van der Waals surface area contributed by atoms with Gasteiger partial charge in [-0.25, -0.2) is 0 Å². The Labute approximate surface area is 65.8 Å². The average Bonchev–Trinajstić information content (AvgIpc) is 2.37. The van der Waals surface area contributed by atoms with Crippen molar-refractivity contribution < 1.29 is 4.52 Å². The lowest BCUT2D eigenvalue weighted by molar-refractivity contribution is 0.283. The van der Waals surface area contributed by atoms with Gasteiger partial charge in [0, 0.05) is 0 Å². The molecule has 4 heteroatoms. The third kappa shape index (κ3) is 1.77. The van der Waals surface area contributed by atoms with Gasteiger partial charge in [-0.15, -0.1) is 0 Å². The van der Waals surface area contributed by atoms with Gasteiger partial charge in [0.25, 0.3) is 0 Å². The van der Waals surface area contributed by atoms with E-state index in [1.807, 2.05) is 6.92 Å². The van der Waals surface area contributed by atoms with Crippen LogP contribution < -0.4 is 5.73 Å². The smallest absolute Gasteiger partial charge is 0.246 e. The lowest BCUT2D eigenvalue weighted by Crippen LogP contribution is -2.33. The third-order valence-electron chi connectivity index (χ3n) is 1.62. The van der Waals surface area contributed by atoms with E-state index in [9.17, 15) is 0 Å². The molecule has 0 aliphatic rings. The Morgan fingerprint density at radius 3 is 2.91 bits per heavy atom. The molecule has 4 nitrogen and oxygen atoms in total. The number of hydrogen-bond donors (Lipinski definition) is 1. The molecule has 0 amide bonds. The molecule has 1 rings (SSSR count). The molecule has 1 heterocycles. The van der Waals surface area contributed by atoms with Crippen LogP contribution in [0.4, 0.5) is 0 Å². The summed E-state index contributed by atoms with van der Waals surface area (Å²) < 4.78 is 4.86. The van der Waals surface area contributed by atoms with E-state index in [2.05, 4.69) is 17.1 Å². The van der Waals surface area contributed by atoms with Crippen molar-refractivity contribution in [2.24, 2.45) is 5.73 Å². The second-order valence-electron chi connectivity index (χ2n) is 2.91. The van der Waals surface area contributed by atoms with Gasteiger partial charge in [-0.3, -0.25) is 0 Å². The average molecular weight is 155 g/mol. The molecular weight excluding hydrogens is 142 g/mol. The first-order valence-electron chi connectivity index (χ1n) is 3.73. The molecule has 1 aromatic heterocycles. The first-order chi connectivity index (χ1) is 5.17. The largest absolute Gasteiger partial charge is 0.338 e. The van der Waals surface area contributed by atoms with Gasteiger partial charge in [-0.1, -0.05) is 18.5 Å². The zero-order valence-electron chi connectivity index (χ0n) is 6.87. The van der Waals surface area contributed by atoms with Crippen molar-refractivity contribution >= 4 is 0 Å². The van der Waals surface area contributed by atoms with Crippen LogP contribution in [0.15, 0.2) is 10.9 Å². The van der Waals surface area contributed by atoms with Crippen LogP contribution in [0.5, 0.6) is 0 Å². The molecule has 0 saturated heterocycles. The minimum absolute atomic E-state index is 0.467. The first-order valence-corrected chi connectivity index (χ1v) is 3.73. The maximum absolute atomic E-state index is 5.90.